The van der Waals surface area contributed by atoms with Crippen molar-refractivity contribution in [2.24, 2.45) is 0 Å². The highest BCUT2D eigenvalue weighted by atomic mass is 35.5. The maximum Gasteiger partial charge on any atom is 0.255 e. The number of morpholine rings is 1. The molecule has 1 saturated heterocycles. The highest BCUT2D eigenvalue weighted by Crippen LogP contribution is 2.38. The topological polar surface area (TPSA) is 68.1 Å². The molecule has 0 spiro atoms. The van der Waals surface area contributed by atoms with Gasteiger partial charge in [-0.3, -0.25) is 4.79 Å². The lowest BCUT2D eigenvalue weighted by molar-refractivity contribution is 0.0922. The van der Waals surface area contributed by atoms with E-state index in [1.54, 1.807) is 22.7 Å². The molecule has 2 aliphatic heterocycles. The van der Waals surface area contributed by atoms with E-state index in [0.717, 1.165) is 11.3 Å². The fourth-order valence-electron chi connectivity index (χ4n) is 5.24. The van der Waals surface area contributed by atoms with Crippen LogP contribution in [0.4, 0.5) is 10.2 Å². The number of aromatic nitrogens is 2. The van der Waals surface area contributed by atoms with Crippen LogP contribution in [0.5, 0.6) is 5.75 Å². The van der Waals surface area contributed by atoms with Crippen LogP contribution in [0.25, 0.3) is 16.6 Å². The number of rotatable bonds is 4. The van der Waals surface area contributed by atoms with Crippen molar-refractivity contribution in [2.75, 3.05) is 37.8 Å². The molecule has 9 heteroatoms. The van der Waals surface area contributed by atoms with Gasteiger partial charge >= 0.3 is 0 Å². The van der Waals surface area contributed by atoms with Crippen molar-refractivity contribution in [2.45, 2.75) is 19.4 Å². The minimum Gasteiger partial charge on any atom is -0.493 e. The first-order chi connectivity index (χ1) is 18.0. The first kappa shape index (κ1) is 23.8. The van der Waals surface area contributed by atoms with Gasteiger partial charge in [0.15, 0.2) is 0 Å². The van der Waals surface area contributed by atoms with Crippen molar-refractivity contribution < 1.29 is 18.7 Å². The summed E-state index contributed by atoms with van der Waals surface area (Å²) in [6.45, 7) is 4.64. The summed E-state index contributed by atoms with van der Waals surface area (Å²) < 4.78 is 28.0. The van der Waals surface area contributed by atoms with Crippen molar-refractivity contribution in [3.63, 3.8) is 0 Å². The summed E-state index contributed by atoms with van der Waals surface area (Å²) in [6.07, 6.45) is 0.675. The predicted octanol–water partition coefficient (Wildman–Crippen LogP) is 5.19. The normalized spacial score (nSPS) is 17.4. The van der Waals surface area contributed by atoms with Crippen LogP contribution in [0.3, 0.4) is 0 Å². The van der Waals surface area contributed by atoms with Crippen molar-refractivity contribution >= 4 is 28.8 Å². The number of benzene rings is 2. The number of nitrogens with one attached hydrogen (secondary N) is 1. The molecule has 7 nitrogen and oxygen atoms in total. The second-order valence-electron chi connectivity index (χ2n) is 9.23. The average molecular weight is 521 g/mol. The highest BCUT2D eigenvalue weighted by Gasteiger charge is 2.29. The molecule has 0 aliphatic carbocycles. The fourth-order valence-corrected chi connectivity index (χ4v) is 5.50. The number of carbonyl (C=O) groups excluding carboxylic acids is 1. The Hall–Kier alpha value is -3.62. The van der Waals surface area contributed by atoms with Crippen molar-refractivity contribution in [1.82, 2.24) is 14.9 Å². The Balaban J connectivity index is 1.47. The number of pyridine rings is 1. The molecular weight excluding hydrogens is 495 g/mol. The number of para-hydroxylation sites is 1. The summed E-state index contributed by atoms with van der Waals surface area (Å²) in [5, 5.41) is 8.30. The Kier molecular flexibility index (Phi) is 6.22. The Bertz CT molecular complexity index is 1480. The number of aryl methyl sites for hydroxylation is 1. The molecule has 37 heavy (non-hydrogen) atoms. The SMILES string of the molecule is Cc1nn2c(N3CCOCC3)c(C(=O)N[C@H]3CCOc4ccccc43)ccc2c1-c1c(F)cccc1Cl. The zero-order chi connectivity index (χ0) is 25.5. The second-order valence-corrected chi connectivity index (χ2v) is 9.63. The van der Waals surface area contributed by atoms with E-state index in [2.05, 4.69) is 10.2 Å². The van der Waals surface area contributed by atoms with Crippen molar-refractivity contribution in [1.29, 1.82) is 0 Å². The average Bonchev–Trinajstić information content (AvgIpc) is 3.24. The van der Waals surface area contributed by atoms with Crippen LogP contribution in [0.1, 0.15) is 34.1 Å². The first-order valence-corrected chi connectivity index (χ1v) is 12.7. The maximum absolute atomic E-state index is 14.9. The number of amides is 1. The van der Waals surface area contributed by atoms with E-state index in [-0.39, 0.29) is 11.9 Å². The number of fused-ring (bicyclic) bond motifs is 2. The molecule has 4 heterocycles. The quantitative estimate of drug-likeness (QED) is 0.401. The van der Waals surface area contributed by atoms with Crippen LogP contribution in [0.15, 0.2) is 54.6 Å². The number of halogens is 2. The van der Waals surface area contributed by atoms with Crippen molar-refractivity contribution in [3.8, 4) is 16.9 Å². The number of carbonyl (C=O) groups is 1. The van der Waals surface area contributed by atoms with Crippen LogP contribution in [-0.4, -0.2) is 48.4 Å². The molecule has 2 aliphatic rings. The molecule has 1 N–H and O–H groups in total. The summed E-state index contributed by atoms with van der Waals surface area (Å²) in [7, 11) is 0. The molecule has 0 saturated carbocycles. The zero-order valence-corrected chi connectivity index (χ0v) is 21.1. The van der Waals surface area contributed by atoms with E-state index in [1.807, 2.05) is 37.3 Å². The molecule has 0 bridgehead atoms. The smallest absolute Gasteiger partial charge is 0.255 e. The van der Waals surface area contributed by atoms with Gasteiger partial charge in [-0.05, 0) is 37.3 Å². The molecule has 190 valence electrons. The highest BCUT2D eigenvalue weighted by molar-refractivity contribution is 6.33. The summed E-state index contributed by atoms with van der Waals surface area (Å²) >= 11 is 6.43. The molecule has 0 unspecified atom stereocenters. The fraction of sp³-hybridized carbons (Fsp3) is 0.286. The third-order valence-electron chi connectivity index (χ3n) is 6.98. The van der Waals surface area contributed by atoms with Crippen LogP contribution in [0.2, 0.25) is 5.02 Å². The Morgan fingerprint density at radius 1 is 1.05 bits per heavy atom. The molecule has 6 rings (SSSR count). The monoisotopic (exact) mass is 520 g/mol. The largest absolute Gasteiger partial charge is 0.493 e. The van der Waals surface area contributed by atoms with E-state index in [9.17, 15) is 9.18 Å². The lowest BCUT2D eigenvalue weighted by Gasteiger charge is -2.31. The molecule has 1 amide bonds. The minimum absolute atomic E-state index is 0.169. The first-order valence-electron chi connectivity index (χ1n) is 12.3. The number of ether oxygens (including phenoxy) is 2. The lowest BCUT2D eigenvalue weighted by atomic mass is 10.00. The molecule has 0 radical (unpaired) electrons. The Labute approximate surface area is 218 Å². The number of hydrogen-bond donors (Lipinski definition) is 1. The van der Waals surface area contributed by atoms with Gasteiger partial charge in [-0.25, -0.2) is 8.91 Å². The lowest BCUT2D eigenvalue weighted by Crippen LogP contribution is -2.40. The summed E-state index contributed by atoms with van der Waals surface area (Å²) in [5.74, 6) is 0.819. The van der Waals surface area contributed by atoms with Crippen molar-refractivity contribution in [3.05, 3.63) is 82.3 Å². The minimum atomic E-state index is -0.418. The standard InChI is InChI=1S/C28H26ClFN4O3/c1-17-25(26-20(29)6-4-7-21(26)30)23-10-9-19(28(34(23)32-17)33-12-15-36-16-13-33)27(35)31-22-11-14-37-24-8-3-2-5-18(22)24/h2-10,22H,11-16H2,1H3,(H,31,35)/t22-/m0/s1. The molecule has 1 atom stereocenters. The number of anilines is 1. The van der Waals surface area contributed by atoms with E-state index in [0.29, 0.717) is 78.1 Å². The second kappa shape index (κ2) is 9.68. The molecule has 4 aromatic rings. The van der Waals surface area contributed by atoms with E-state index in [4.69, 9.17) is 26.2 Å². The van der Waals surface area contributed by atoms with Gasteiger partial charge < -0.3 is 19.7 Å². The predicted molar refractivity (Wildman–Crippen MR) is 140 cm³/mol. The third kappa shape index (κ3) is 4.20. The molecular formula is C28H26ClFN4O3. The maximum atomic E-state index is 14.9. The van der Waals surface area contributed by atoms with Gasteiger partial charge in [0.25, 0.3) is 5.91 Å². The summed E-state index contributed by atoms with van der Waals surface area (Å²) in [6, 6.07) is 15.8. The third-order valence-corrected chi connectivity index (χ3v) is 7.29. The summed E-state index contributed by atoms with van der Waals surface area (Å²) in [4.78, 5) is 15.9. The molecule has 2 aromatic carbocycles. The Morgan fingerprint density at radius 2 is 1.86 bits per heavy atom. The molecule has 1 fully saturated rings. The van der Waals surface area contributed by atoms with Crippen LogP contribution < -0.4 is 15.0 Å². The van der Waals surface area contributed by atoms with Gasteiger partial charge in [0.2, 0.25) is 0 Å². The molecule has 2 aromatic heterocycles. The van der Waals surface area contributed by atoms with Gasteiger partial charge in [-0.2, -0.15) is 5.10 Å². The number of hydrogen-bond acceptors (Lipinski definition) is 5. The Morgan fingerprint density at radius 3 is 2.68 bits per heavy atom. The van der Waals surface area contributed by atoms with Gasteiger partial charge in [0, 0.05) is 36.2 Å². The number of nitrogens with zero attached hydrogens (tertiary/aromatic N) is 3. The summed E-state index contributed by atoms with van der Waals surface area (Å²) in [5.41, 5.74) is 3.68. The van der Waals surface area contributed by atoms with Gasteiger partial charge in [0.1, 0.15) is 17.4 Å². The van der Waals surface area contributed by atoms with E-state index < -0.39 is 5.82 Å². The van der Waals surface area contributed by atoms with Crippen LogP contribution >= 0.6 is 11.6 Å². The van der Waals surface area contributed by atoms with Crippen LogP contribution in [-0.2, 0) is 4.74 Å². The zero-order valence-electron chi connectivity index (χ0n) is 20.3. The van der Waals surface area contributed by atoms with Gasteiger partial charge in [-0.15, -0.1) is 0 Å². The van der Waals surface area contributed by atoms with Crippen LogP contribution in [0, 0.1) is 12.7 Å². The van der Waals surface area contributed by atoms with E-state index in [1.165, 1.54) is 6.07 Å². The van der Waals surface area contributed by atoms with Gasteiger partial charge in [-0.1, -0.05) is 35.9 Å². The van der Waals surface area contributed by atoms with Gasteiger partial charge in [0.05, 0.1) is 47.7 Å². The van der Waals surface area contributed by atoms with E-state index >= 15 is 0 Å².